The van der Waals surface area contributed by atoms with Crippen LogP contribution >= 0.6 is 0 Å². The first-order chi connectivity index (χ1) is 19.3. The third kappa shape index (κ3) is 3.71. The van der Waals surface area contributed by atoms with Gasteiger partial charge in [-0.1, -0.05) is 6.07 Å². The molecule has 6 heterocycles. The molecule has 39 heavy (non-hydrogen) atoms. The Morgan fingerprint density at radius 2 is 1.64 bits per heavy atom. The predicted octanol–water partition coefficient (Wildman–Crippen LogP) is 5.36. The summed E-state index contributed by atoms with van der Waals surface area (Å²) in [4.78, 5) is 11.8. The predicted molar refractivity (Wildman–Crippen MR) is 146 cm³/mol. The van der Waals surface area contributed by atoms with Gasteiger partial charge in [0.25, 0.3) is 0 Å². The Morgan fingerprint density at radius 1 is 0.872 bits per heavy atom. The van der Waals surface area contributed by atoms with Crippen LogP contribution in [0.25, 0.3) is 38.9 Å². The van der Waals surface area contributed by atoms with E-state index in [0.717, 1.165) is 54.1 Å². The number of ether oxygens (including phenoxy) is 1. The van der Waals surface area contributed by atoms with Gasteiger partial charge in [0.15, 0.2) is 5.65 Å². The largest absolute Gasteiger partial charge is 0.378 e. The molecule has 4 aromatic heterocycles. The van der Waals surface area contributed by atoms with Crippen molar-refractivity contribution in [1.82, 2.24) is 34.7 Å². The number of H-pyrrole nitrogens is 1. The Labute approximate surface area is 225 Å². The van der Waals surface area contributed by atoms with Crippen molar-refractivity contribution in [2.24, 2.45) is 0 Å². The third-order valence-electron chi connectivity index (χ3n) is 9.17. The first-order valence-electron chi connectivity index (χ1n) is 14.0. The quantitative estimate of drug-likeness (QED) is 0.341. The fraction of sp³-hybridized carbons (Fsp3) is 0.400. The minimum atomic E-state index is -0.327. The summed E-state index contributed by atoms with van der Waals surface area (Å²) in [6, 6.07) is 11.2. The van der Waals surface area contributed by atoms with E-state index in [1.165, 1.54) is 37.4 Å². The van der Waals surface area contributed by atoms with Gasteiger partial charge in [-0.2, -0.15) is 10.2 Å². The molecular weight excluding hydrogens is 493 g/mol. The average Bonchev–Trinajstić information content (AvgIpc) is 3.69. The van der Waals surface area contributed by atoms with E-state index in [0.29, 0.717) is 34.9 Å². The second-order valence-corrected chi connectivity index (χ2v) is 11.2. The lowest BCUT2D eigenvalue weighted by atomic mass is 9.82. The number of benzene rings is 1. The van der Waals surface area contributed by atoms with Crippen LogP contribution in [0, 0.1) is 5.82 Å². The first-order valence-corrected chi connectivity index (χ1v) is 14.0. The van der Waals surface area contributed by atoms with Crippen molar-refractivity contribution in [3.8, 4) is 22.4 Å². The number of halogens is 1. The summed E-state index contributed by atoms with van der Waals surface area (Å²) in [5.41, 5.74) is 5.86. The zero-order valence-electron chi connectivity index (χ0n) is 21.6. The summed E-state index contributed by atoms with van der Waals surface area (Å²) in [6.07, 6.45) is 14.3. The molecule has 0 spiro atoms. The maximum absolute atomic E-state index is 14.6. The maximum Gasteiger partial charge on any atom is 0.163 e. The number of rotatable bonds is 4. The summed E-state index contributed by atoms with van der Waals surface area (Å²) in [5, 5.41) is 12.8. The summed E-state index contributed by atoms with van der Waals surface area (Å²) in [6.45, 7) is 1.78. The molecule has 1 N–H and O–H groups in total. The Bertz CT molecular complexity index is 1640. The van der Waals surface area contributed by atoms with Crippen LogP contribution < -0.4 is 0 Å². The van der Waals surface area contributed by atoms with Gasteiger partial charge in [0.1, 0.15) is 17.0 Å². The van der Waals surface area contributed by atoms with E-state index in [-0.39, 0.29) is 5.82 Å². The minimum absolute atomic E-state index is 0.327. The van der Waals surface area contributed by atoms with Gasteiger partial charge in [0.05, 0.1) is 25.0 Å². The molecule has 3 aliphatic rings. The average molecular weight is 524 g/mol. The van der Waals surface area contributed by atoms with Gasteiger partial charge in [-0.25, -0.2) is 13.9 Å². The smallest absolute Gasteiger partial charge is 0.163 e. The van der Waals surface area contributed by atoms with Crippen molar-refractivity contribution in [1.29, 1.82) is 0 Å². The fourth-order valence-electron chi connectivity index (χ4n) is 7.38. The van der Waals surface area contributed by atoms with E-state index in [4.69, 9.17) is 14.8 Å². The van der Waals surface area contributed by atoms with Gasteiger partial charge in [-0.05, 0) is 68.4 Å². The normalized spacial score (nSPS) is 25.6. The highest BCUT2D eigenvalue weighted by Gasteiger charge is 2.42. The van der Waals surface area contributed by atoms with Gasteiger partial charge < -0.3 is 4.74 Å². The van der Waals surface area contributed by atoms with Gasteiger partial charge in [0, 0.05) is 59.3 Å². The van der Waals surface area contributed by atoms with Crippen molar-refractivity contribution in [2.45, 2.75) is 62.6 Å². The zero-order chi connectivity index (χ0) is 25.9. The number of hydrogen-bond donors (Lipinski definition) is 1. The van der Waals surface area contributed by atoms with Gasteiger partial charge in [-0.15, -0.1) is 0 Å². The van der Waals surface area contributed by atoms with Crippen molar-refractivity contribution < 1.29 is 9.13 Å². The van der Waals surface area contributed by atoms with Crippen LogP contribution in [0.15, 0.2) is 55.1 Å². The summed E-state index contributed by atoms with van der Waals surface area (Å²) >= 11 is 0. The van der Waals surface area contributed by atoms with Crippen LogP contribution in [0.2, 0.25) is 0 Å². The molecule has 1 aliphatic carbocycles. The van der Waals surface area contributed by atoms with E-state index in [2.05, 4.69) is 26.1 Å². The lowest BCUT2D eigenvalue weighted by Crippen LogP contribution is -2.52. The Morgan fingerprint density at radius 3 is 2.44 bits per heavy atom. The molecule has 2 atom stereocenters. The Balaban J connectivity index is 1.21. The minimum Gasteiger partial charge on any atom is -0.378 e. The number of nitrogens with one attached hydrogen (secondary N) is 1. The number of aromatic nitrogens is 6. The number of aromatic amines is 1. The number of morpholine rings is 1. The van der Waals surface area contributed by atoms with Crippen LogP contribution in [-0.4, -0.2) is 66.0 Å². The Hall–Kier alpha value is -3.69. The van der Waals surface area contributed by atoms with E-state index >= 15 is 0 Å². The van der Waals surface area contributed by atoms with Crippen LogP contribution in [0.5, 0.6) is 0 Å². The lowest BCUT2D eigenvalue weighted by molar-refractivity contribution is -0.0443. The molecular formula is C30H30FN7O. The number of fused-ring (bicyclic) bond motifs is 4. The van der Waals surface area contributed by atoms with Crippen molar-refractivity contribution in [3.63, 3.8) is 0 Å². The molecule has 0 amide bonds. The first kappa shape index (κ1) is 23.2. The monoisotopic (exact) mass is 523 g/mol. The molecule has 2 aliphatic heterocycles. The molecule has 2 saturated heterocycles. The van der Waals surface area contributed by atoms with Gasteiger partial charge >= 0.3 is 0 Å². The number of nitrogens with zero attached hydrogens (tertiary/aromatic N) is 6. The van der Waals surface area contributed by atoms with E-state index in [1.54, 1.807) is 18.6 Å². The number of pyridine rings is 1. The topological polar surface area (TPSA) is 84.2 Å². The van der Waals surface area contributed by atoms with E-state index in [9.17, 15) is 4.39 Å². The van der Waals surface area contributed by atoms with E-state index < -0.39 is 0 Å². The highest BCUT2D eigenvalue weighted by atomic mass is 19.1. The maximum atomic E-state index is 14.6. The molecule has 1 saturated carbocycles. The molecule has 1 aromatic carbocycles. The SMILES string of the molecule is Fc1ccc(-c2c(-c3ccncc3)nn3c(C4CCC(N5[C@@H]6CC[C@H]5COC6)CC4)ccnc23)c2cn[nH]c12. The number of hydrogen-bond acceptors (Lipinski definition) is 6. The standard InChI is InChI=1S/C30H30FN7O/c31-25-8-7-23(24-15-34-35-29(24)25)27-28(19-9-12-32-13-10-19)36-38-26(11-14-33-30(27)38)18-1-3-20(4-2-18)37-21-5-6-22(37)17-39-16-21/h7-15,18,20-22H,1-6,16-17H2,(H,34,35)/t18?,20?,21-,22+. The molecule has 0 radical (unpaired) electrons. The molecule has 5 aromatic rings. The molecule has 8 nitrogen and oxygen atoms in total. The Kier molecular flexibility index (Phi) is 5.48. The summed E-state index contributed by atoms with van der Waals surface area (Å²) in [7, 11) is 0. The molecule has 2 bridgehead atoms. The fourth-order valence-corrected chi connectivity index (χ4v) is 7.38. The van der Waals surface area contributed by atoms with Crippen LogP contribution in [0.3, 0.4) is 0 Å². The molecule has 198 valence electrons. The van der Waals surface area contributed by atoms with Crippen molar-refractivity contribution >= 4 is 16.6 Å². The highest BCUT2D eigenvalue weighted by Crippen LogP contribution is 2.42. The van der Waals surface area contributed by atoms with Gasteiger partial charge in [0.2, 0.25) is 0 Å². The second-order valence-electron chi connectivity index (χ2n) is 11.2. The third-order valence-corrected chi connectivity index (χ3v) is 9.17. The summed E-state index contributed by atoms with van der Waals surface area (Å²) in [5.74, 6) is 0.0814. The molecule has 8 rings (SSSR count). The van der Waals surface area contributed by atoms with Crippen LogP contribution in [0.1, 0.15) is 50.1 Å². The van der Waals surface area contributed by atoms with Crippen molar-refractivity contribution in [3.05, 3.63) is 66.6 Å². The van der Waals surface area contributed by atoms with E-state index in [1.807, 2.05) is 28.9 Å². The zero-order valence-corrected chi connectivity index (χ0v) is 21.6. The van der Waals surface area contributed by atoms with Crippen LogP contribution in [-0.2, 0) is 4.74 Å². The lowest BCUT2D eigenvalue weighted by Gasteiger charge is -2.43. The van der Waals surface area contributed by atoms with Gasteiger partial charge in [-0.3, -0.25) is 15.0 Å². The highest BCUT2D eigenvalue weighted by molar-refractivity contribution is 6.02. The molecule has 9 heteroatoms. The molecule has 3 fully saturated rings. The van der Waals surface area contributed by atoms with Crippen molar-refractivity contribution in [2.75, 3.05) is 13.2 Å². The second kappa shape index (κ2) is 9.20. The molecule has 0 unspecified atom stereocenters. The van der Waals surface area contributed by atoms with Crippen LogP contribution in [0.4, 0.5) is 4.39 Å². The summed E-state index contributed by atoms with van der Waals surface area (Å²) < 4.78 is 22.4.